The maximum absolute atomic E-state index is 10.9. The summed E-state index contributed by atoms with van der Waals surface area (Å²) in [5.41, 5.74) is 1.21. The van der Waals surface area contributed by atoms with Crippen LogP contribution in [0.4, 0.5) is 0 Å². The monoisotopic (exact) mass is 161 g/mol. The van der Waals surface area contributed by atoms with Gasteiger partial charge in [-0.3, -0.25) is 4.79 Å². The third-order valence-corrected chi connectivity index (χ3v) is 1.62. The highest BCUT2D eigenvalue weighted by Gasteiger charge is 2.01. The predicted octanol–water partition coefficient (Wildman–Crippen LogP) is 0.932. The van der Waals surface area contributed by atoms with Gasteiger partial charge in [0.05, 0.1) is 0 Å². The van der Waals surface area contributed by atoms with Crippen molar-refractivity contribution in [1.29, 1.82) is 0 Å². The Kier molecular flexibility index (Phi) is 1.40. The van der Waals surface area contributed by atoms with Crippen molar-refractivity contribution in [1.82, 2.24) is 14.6 Å². The van der Waals surface area contributed by atoms with Crippen LogP contribution < -0.4 is 0 Å². The van der Waals surface area contributed by atoms with Gasteiger partial charge in [0.1, 0.15) is 5.69 Å². The van der Waals surface area contributed by atoms with Crippen LogP contribution >= 0.6 is 0 Å². The zero-order valence-corrected chi connectivity index (χ0v) is 6.56. The molecular weight excluding hydrogens is 154 g/mol. The van der Waals surface area contributed by atoms with Crippen molar-refractivity contribution >= 4 is 11.4 Å². The number of imidazole rings is 1. The number of fused-ring (bicyclic) bond motifs is 1. The summed E-state index contributed by atoms with van der Waals surface area (Å²) in [6, 6.07) is 3.44. The molecule has 0 fully saturated rings. The predicted molar refractivity (Wildman–Crippen MR) is 43.0 cm³/mol. The van der Waals surface area contributed by atoms with Crippen LogP contribution in [0.1, 0.15) is 17.4 Å². The molecule has 0 unspecified atom stereocenters. The van der Waals surface area contributed by atoms with Gasteiger partial charge < -0.3 is 0 Å². The van der Waals surface area contributed by atoms with Gasteiger partial charge in [-0.2, -0.15) is 5.10 Å². The van der Waals surface area contributed by atoms with Crippen LogP contribution in [0.2, 0.25) is 0 Å². The van der Waals surface area contributed by atoms with E-state index in [-0.39, 0.29) is 5.78 Å². The van der Waals surface area contributed by atoms with E-state index in [9.17, 15) is 4.79 Å². The Morgan fingerprint density at radius 3 is 3.08 bits per heavy atom. The highest BCUT2D eigenvalue weighted by Crippen LogP contribution is 2.00. The van der Waals surface area contributed by atoms with E-state index in [0.29, 0.717) is 5.69 Å². The van der Waals surface area contributed by atoms with Crippen molar-refractivity contribution in [2.24, 2.45) is 0 Å². The Labute approximate surface area is 68.8 Å². The lowest BCUT2D eigenvalue weighted by Gasteiger charge is -1.94. The molecule has 0 aliphatic rings. The van der Waals surface area contributed by atoms with E-state index in [1.165, 1.54) is 6.92 Å². The highest BCUT2D eigenvalue weighted by molar-refractivity contribution is 5.92. The molecule has 0 atom stereocenters. The molecule has 2 heterocycles. The van der Waals surface area contributed by atoms with Crippen LogP contribution in [0.5, 0.6) is 0 Å². The molecule has 2 rings (SSSR count). The number of carbonyl (C=O) groups is 1. The average molecular weight is 161 g/mol. The minimum absolute atomic E-state index is 0.0365. The van der Waals surface area contributed by atoms with Crippen LogP contribution in [-0.4, -0.2) is 20.4 Å². The van der Waals surface area contributed by atoms with Gasteiger partial charge in [-0.15, -0.1) is 0 Å². The molecule has 0 saturated heterocycles. The molecule has 4 nitrogen and oxygen atoms in total. The number of nitrogens with zero attached hydrogens (tertiary/aromatic N) is 3. The summed E-state index contributed by atoms with van der Waals surface area (Å²) in [6.07, 6.45) is 3.36. The Morgan fingerprint density at radius 1 is 1.50 bits per heavy atom. The molecule has 0 aliphatic heterocycles. The molecule has 0 radical (unpaired) electrons. The van der Waals surface area contributed by atoms with E-state index in [0.717, 1.165) is 5.65 Å². The fourth-order valence-corrected chi connectivity index (χ4v) is 1.00. The Hall–Kier alpha value is -1.71. The SMILES string of the molecule is CC(=O)c1ccc2nccn2n1. The topological polar surface area (TPSA) is 47.3 Å². The lowest BCUT2D eigenvalue weighted by atomic mass is 10.3. The third kappa shape index (κ3) is 0.972. The van der Waals surface area contributed by atoms with Crippen LogP contribution in [0.3, 0.4) is 0 Å². The molecule has 0 N–H and O–H groups in total. The Balaban J connectivity index is 2.68. The first-order valence-corrected chi connectivity index (χ1v) is 3.59. The summed E-state index contributed by atoms with van der Waals surface area (Å²) in [4.78, 5) is 14.9. The molecule has 0 aliphatic carbocycles. The maximum atomic E-state index is 10.9. The Morgan fingerprint density at radius 2 is 2.33 bits per heavy atom. The normalized spacial score (nSPS) is 10.4. The summed E-state index contributed by atoms with van der Waals surface area (Å²) >= 11 is 0. The number of carbonyl (C=O) groups excluding carboxylic acids is 1. The van der Waals surface area contributed by atoms with Crippen molar-refractivity contribution in [2.75, 3.05) is 0 Å². The fraction of sp³-hybridized carbons (Fsp3) is 0.125. The molecule has 0 saturated carbocycles. The summed E-state index contributed by atoms with van der Waals surface area (Å²) in [7, 11) is 0. The summed E-state index contributed by atoms with van der Waals surface area (Å²) in [5.74, 6) is -0.0365. The van der Waals surface area contributed by atoms with Crippen LogP contribution in [0, 0.1) is 0 Å². The molecule has 0 bridgehead atoms. The standard InChI is InChI=1S/C8H7N3O/c1-6(12)7-2-3-8-9-4-5-11(8)10-7/h2-5H,1H3. The van der Waals surface area contributed by atoms with E-state index < -0.39 is 0 Å². The minimum Gasteiger partial charge on any atom is -0.293 e. The van der Waals surface area contributed by atoms with Crippen molar-refractivity contribution in [2.45, 2.75) is 6.92 Å². The molecule has 0 amide bonds. The molecule has 12 heavy (non-hydrogen) atoms. The maximum Gasteiger partial charge on any atom is 0.179 e. The van der Waals surface area contributed by atoms with Gasteiger partial charge in [-0.1, -0.05) is 0 Å². The van der Waals surface area contributed by atoms with Gasteiger partial charge in [0.15, 0.2) is 11.4 Å². The molecule has 60 valence electrons. The fourth-order valence-electron chi connectivity index (χ4n) is 1.00. The number of ketones is 1. The second-order valence-electron chi connectivity index (χ2n) is 2.50. The zero-order chi connectivity index (χ0) is 8.55. The summed E-state index contributed by atoms with van der Waals surface area (Å²) < 4.78 is 1.58. The quantitative estimate of drug-likeness (QED) is 0.584. The zero-order valence-electron chi connectivity index (χ0n) is 6.56. The van der Waals surface area contributed by atoms with Crippen molar-refractivity contribution < 1.29 is 4.79 Å². The van der Waals surface area contributed by atoms with Crippen molar-refractivity contribution in [3.8, 4) is 0 Å². The number of hydrogen-bond acceptors (Lipinski definition) is 3. The number of aromatic nitrogens is 3. The largest absolute Gasteiger partial charge is 0.293 e. The highest BCUT2D eigenvalue weighted by atomic mass is 16.1. The lowest BCUT2D eigenvalue weighted by molar-refractivity contribution is 0.101. The van der Waals surface area contributed by atoms with Gasteiger partial charge in [0, 0.05) is 19.3 Å². The average Bonchev–Trinajstić information content (AvgIpc) is 2.49. The first kappa shape index (κ1) is 6.97. The van der Waals surface area contributed by atoms with E-state index >= 15 is 0 Å². The van der Waals surface area contributed by atoms with Crippen LogP contribution in [-0.2, 0) is 0 Å². The summed E-state index contributed by atoms with van der Waals surface area (Å²) in [5, 5.41) is 4.04. The molecule has 4 heteroatoms. The summed E-state index contributed by atoms with van der Waals surface area (Å²) in [6.45, 7) is 1.49. The van der Waals surface area contributed by atoms with Crippen LogP contribution in [0.15, 0.2) is 24.5 Å². The third-order valence-electron chi connectivity index (χ3n) is 1.62. The number of Topliss-reactive ketones (excluding diaryl/α,β-unsaturated/α-hetero) is 1. The molecule has 0 spiro atoms. The smallest absolute Gasteiger partial charge is 0.179 e. The Bertz CT molecular complexity index is 433. The second-order valence-corrected chi connectivity index (χ2v) is 2.50. The van der Waals surface area contributed by atoms with Gasteiger partial charge in [0.25, 0.3) is 0 Å². The van der Waals surface area contributed by atoms with Crippen molar-refractivity contribution in [3.05, 3.63) is 30.2 Å². The van der Waals surface area contributed by atoms with Gasteiger partial charge in [0.2, 0.25) is 0 Å². The first-order chi connectivity index (χ1) is 5.77. The minimum atomic E-state index is -0.0365. The molecular formula is C8H7N3O. The number of rotatable bonds is 1. The first-order valence-electron chi connectivity index (χ1n) is 3.59. The number of hydrogen-bond donors (Lipinski definition) is 0. The van der Waals surface area contributed by atoms with Gasteiger partial charge in [-0.05, 0) is 12.1 Å². The molecule has 2 aromatic rings. The molecule has 2 aromatic heterocycles. The van der Waals surface area contributed by atoms with E-state index in [2.05, 4.69) is 10.1 Å². The second kappa shape index (κ2) is 2.41. The van der Waals surface area contributed by atoms with E-state index in [1.807, 2.05) is 0 Å². The molecule has 0 aromatic carbocycles. The van der Waals surface area contributed by atoms with Crippen molar-refractivity contribution in [3.63, 3.8) is 0 Å². The lowest BCUT2D eigenvalue weighted by Crippen LogP contribution is -2.01. The van der Waals surface area contributed by atoms with Gasteiger partial charge >= 0.3 is 0 Å². The van der Waals surface area contributed by atoms with Gasteiger partial charge in [-0.25, -0.2) is 9.50 Å². The van der Waals surface area contributed by atoms with E-state index in [4.69, 9.17) is 0 Å². The van der Waals surface area contributed by atoms with E-state index in [1.54, 1.807) is 29.0 Å². The van der Waals surface area contributed by atoms with Crippen LogP contribution in [0.25, 0.3) is 5.65 Å².